The Balaban J connectivity index is 1.79. The Kier molecular flexibility index (Phi) is 6.32. The molecular formula is C24H28FN5O5. The van der Waals surface area contributed by atoms with Crippen LogP contribution in [0.4, 0.5) is 19.7 Å². The van der Waals surface area contributed by atoms with E-state index in [1.54, 1.807) is 25.7 Å². The van der Waals surface area contributed by atoms with Gasteiger partial charge in [0.05, 0.1) is 17.2 Å². The average molecular weight is 486 g/mol. The van der Waals surface area contributed by atoms with Crippen molar-refractivity contribution in [2.45, 2.75) is 64.3 Å². The Morgan fingerprint density at radius 3 is 2.60 bits per heavy atom. The van der Waals surface area contributed by atoms with Gasteiger partial charge in [0.2, 0.25) is 0 Å². The zero-order valence-electron chi connectivity index (χ0n) is 19.9. The first-order valence-electron chi connectivity index (χ1n) is 11.5. The number of anilines is 1. The smallest absolute Gasteiger partial charge is 0.407 e. The number of aromatic nitrogens is 1. The summed E-state index contributed by atoms with van der Waals surface area (Å²) >= 11 is 0. The zero-order valence-corrected chi connectivity index (χ0v) is 19.9. The highest BCUT2D eigenvalue weighted by molar-refractivity contribution is 5.93. The summed E-state index contributed by atoms with van der Waals surface area (Å²) in [5, 5.41) is 24.5. The second-order valence-corrected chi connectivity index (χ2v) is 9.94. The zero-order chi connectivity index (χ0) is 25.5. The summed E-state index contributed by atoms with van der Waals surface area (Å²) < 4.78 is 22.3. The molecule has 1 aromatic carbocycles. The van der Waals surface area contributed by atoms with E-state index in [-0.39, 0.29) is 35.9 Å². The van der Waals surface area contributed by atoms with E-state index >= 15 is 4.39 Å². The van der Waals surface area contributed by atoms with Crippen LogP contribution >= 0.6 is 0 Å². The first kappa shape index (κ1) is 24.3. The number of carboxylic acid groups (broad SMARTS) is 1. The summed E-state index contributed by atoms with van der Waals surface area (Å²) in [6.07, 6.45) is 0.168. The van der Waals surface area contributed by atoms with Crippen LogP contribution in [0.15, 0.2) is 16.9 Å². The van der Waals surface area contributed by atoms with Gasteiger partial charge in [-0.2, -0.15) is 5.26 Å². The van der Waals surface area contributed by atoms with Crippen molar-refractivity contribution in [2.75, 3.05) is 18.0 Å². The van der Waals surface area contributed by atoms with Gasteiger partial charge in [-0.1, -0.05) is 0 Å². The molecule has 2 heterocycles. The van der Waals surface area contributed by atoms with Gasteiger partial charge in [-0.25, -0.2) is 14.0 Å². The minimum atomic E-state index is -1.17. The lowest BCUT2D eigenvalue weighted by atomic mass is 10.0. The monoisotopic (exact) mass is 485 g/mol. The number of hydrogen-bond donors (Lipinski definition) is 3. The minimum absolute atomic E-state index is 0.0269. The number of nitriles is 1. The van der Waals surface area contributed by atoms with Crippen molar-refractivity contribution in [2.24, 2.45) is 0 Å². The maximum Gasteiger partial charge on any atom is 0.407 e. The van der Waals surface area contributed by atoms with Crippen LogP contribution in [-0.2, 0) is 11.3 Å². The van der Waals surface area contributed by atoms with E-state index in [0.717, 1.165) is 12.8 Å². The Morgan fingerprint density at radius 2 is 2.00 bits per heavy atom. The number of alkyl carbamates (subject to hydrolysis) is 1. The number of carbonyl (C=O) groups excluding carboxylic acids is 1. The standard InChI is InChI=1S/C24H28FN5O5/c1-24(2,3)35-23(34)27-11-13-8-19(31)30(15-4-5-15)20-16(13)9-18(25)21(17(20)10-26)29-7-6-14(12-29)28-22(32)33/h8-9,14-15,28H,4-7,11-12H2,1-3H3,(H,27,34)(H,32,33)/t14-/m0/s1. The molecule has 1 atom stereocenters. The second kappa shape index (κ2) is 9.09. The van der Waals surface area contributed by atoms with E-state index in [1.165, 1.54) is 16.7 Å². The fourth-order valence-electron chi connectivity index (χ4n) is 4.53. The van der Waals surface area contributed by atoms with Crippen molar-refractivity contribution >= 4 is 28.8 Å². The van der Waals surface area contributed by atoms with Crippen LogP contribution in [0.5, 0.6) is 0 Å². The van der Waals surface area contributed by atoms with Gasteiger partial charge < -0.3 is 29.9 Å². The van der Waals surface area contributed by atoms with Gasteiger partial charge in [-0.3, -0.25) is 4.79 Å². The van der Waals surface area contributed by atoms with Gasteiger partial charge in [0.15, 0.2) is 0 Å². The predicted octanol–water partition coefficient (Wildman–Crippen LogP) is 3.22. The van der Waals surface area contributed by atoms with Crippen molar-refractivity contribution in [1.29, 1.82) is 5.26 Å². The average Bonchev–Trinajstić information content (AvgIpc) is 3.48. The SMILES string of the molecule is CC(C)(C)OC(=O)NCc1cc(=O)n(C2CC2)c2c(C#N)c(N3CC[C@H](NC(=O)O)C3)c(F)cc12. The molecule has 2 fully saturated rings. The predicted molar refractivity (Wildman–Crippen MR) is 126 cm³/mol. The third-order valence-electron chi connectivity index (χ3n) is 6.03. The Morgan fingerprint density at radius 1 is 1.29 bits per heavy atom. The summed E-state index contributed by atoms with van der Waals surface area (Å²) in [5.74, 6) is -0.649. The number of amides is 2. The quantitative estimate of drug-likeness (QED) is 0.591. The fourth-order valence-corrected chi connectivity index (χ4v) is 4.53. The highest BCUT2D eigenvalue weighted by Gasteiger charge is 2.33. The van der Waals surface area contributed by atoms with Crippen LogP contribution in [0.1, 0.15) is 57.2 Å². The van der Waals surface area contributed by atoms with E-state index in [2.05, 4.69) is 16.7 Å². The van der Waals surface area contributed by atoms with E-state index in [0.29, 0.717) is 29.4 Å². The topological polar surface area (TPSA) is 137 Å². The molecular weight excluding hydrogens is 457 g/mol. The molecule has 35 heavy (non-hydrogen) atoms. The maximum absolute atomic E-state index is 15.5. The van der Waals surface area contributed by atoms with Crippen LogP contribution in [0.3, 0.4) is 0 Å². The second-order valence-electron chi connectivity index (χ2n) is 9.94. The van der Waals surface area contributed by atoms with E-state index in [4.69, 9.17) is 9.84 Å². The number of nitrogens with zero attached hydrogens (tertiary/aromatic N) is 3. The minimum Gasteiger partial charge on any atom is -0.465 e. The molecule has 186 valence electrons. The number of rotatable bonds is 5. The summed E-state index contributed by atoms with van der Waals surface area (Å²) in [5.41, 5.74) is -0.252. The van der Waals surface area contributed by atoms with Crippen LogP contribution < -0.4 is 21.1 Å². The third kappa shape index (κ3) is 5.16. The molecule has 0 radical (unpaired) electrons. The first-order valence-corrected chi connectivity index (χ1v) is 11.5. The number of hydrogen-bond acceptors (Lipinski definition) is 6. The number of halogens is 1. The van der Waals surface area contributed by atoms with Gasteiger partial charge in [0.1, 0.15) is 23.1 Å². The lowest BCUT2D eigenvalue weighted by Gasteiger charge is -2.24. The number of nitrogens with one attached hydrogen (secondary N) is 2. The van der Waals surface area contributed by atoms with Gasteiger partial charge in [0.25, 0.3) is 5.56 Å². The molecule has 11 heteroatoms. The van der Waals surface area contributed by atoms with E-state index in [9.17, 15) is 19.6 Å². The van der Waals surface area contributed by atoms with E-state index < -0.39 is 29.6 Å². The summed E-state index contributed by atoms with van der Waals surface area (Å²) in [4.78, 5) is 37.9. The molecule has 1 aliphatic heterocycles. The molecule has 2 aromatic rings. The number of ether oxygens (including phenoxy) is 1. The van der Waals surface area contributed by atoms with Gasteiger partial charge >= 0.3 is 12.2 Å². The molecule has 4 rings (SSSR count). The van der Waals surface area contributed by atoms with Crippen LogP contribution in [0, 0.1) is 17.1 Å². The van der Waals surface area contributed by atoms with Crippen LogP contribution in [-0.4, -0.2) is 46.6 Å². The first-order chi connectivity index (χ1) is 16.5. The molecule has 2 amide bonds. The number of fused-ring (bicyclic) bond motifs is 1. The molecule has 1 saturated heterocycles. The Hall–Kier alpha value is -3.81. The van der Waals surface area contributed by atoms with Crippen molar-refractivity contribution in [3.8, 4) is 6.07 Å². The highest BCUT2D eigenvalue weighted by Crippen LogP contribution is 2.40. The number of benzene rings is 1. The Labute approximate surface area is 201 Å². The third-order valence-corrected chi connectivity index (χ3v) is 6.03. The largest absolute Gasteiger partial charge is 0.465 e. The highest BCUT2D eigenvalue weighted by atomic mass is 19.1. The molecule has 1 aliphatic carbocycles. The molecule has 1 aromatic heterocycles. The van der Waals surface area contributed by atoms with Gasteiger partial charge in [-0.15, -0.1) is 0 Å². The molecule has 3 N–H and O–H groups in total. The summed E-state index contributed by atoms with van der Waals surface area (Å²) in [7, 11) is 0. The van der Waals surface area contributed by atoms with Gasteiger partial charge in [-0.05, 0) is 51.7 Å². The van der Waals surface area contributed by atoms with Crippen molar-refractivity contribution in [1.82, 2.24) is 15.2 Å². The van der Waals surface area contributed by atoms with Crippen LogP contribution in [0.2, 0.25) is 0 Å². The maximum atomic E-state index is 15.5. The van der Waals surface area contributed by atoms with Crippen molar-refractivity contribution < 1.29 is 23.8 Å². The van der Waals surface area contributed by atoms with Crippen LogP contribution in [0.25, 0.3) is 10.9 Å². The lowest BCUT2D eigenvalue weighted by Crippen LogP contribution is -2.36. The molecule has 0 spiro atoms. The lowest BCUT2D eigenvalue weighted by molar-refractivity contribution is 0.0523. The normalized spacial score (nSPS) is 17.8. The molecule has 2 aliphatic rings. The summed E-state index contributed by atoms with van der Waals surface area (Å²) in [6, 6.07) is 4.26. The molecule has 0 unspecified atom stereocenters. The molecule has 1 saturated carbocycles. The molecule has 10 nitrogen and oxygen atoms in total. The van der Waals surface area contributed by atoms with E-state index in [1.807, 2.05) is 0 Å². The number of carbonyl (C=O) groups is 2. The van der Waals surface area contributed by atoms with Crippen molar-refractivity contribution in [3.05, 3.63) is 39.4 Å². The number of pyridine rings is 1. The van der Waals surface area contributed by atoms with Gasteiger partial charge in [0, 0.05) is 37.1 Å². The van der Waals surface area contributed by atoms with Crippen molar-refractivity contribution in [3.63, 3.8) is 0 Å². The Bertz CT molecular complexity index is 1290. The molecule has 0 bridgehead atoms. The fraction of sp³-hybridized carbons (Fsp3) is 0.500. The summed E-state index contributed by atoms with van der Waals surface area (Å²) in [6.45, 7) is 5.66.